The Morgan fingerprint density at radius 1 is 1.43 bits per heavy atom. The Balaban J connectivity index is 2.31. The number of hydrogen-bond donors (Lipinski definition) is 0. The maximum absolute atomic E-state index is 11.8. The summed E-state index contributed by atoms with van der Waals surface area (Å²) in [5, 5.41) is 0. The van der Waals surface area contributed by atoms with Crippen molar-refractivity contribution in [3.05, 3.63) is 0 Å². The molecule has 0 N–H and O–H groups in total. The Labute approximate surface area is 92.2 Å². The first-order valence-electron chi connectivity index (χ1n) is 5.86. The summed E-state index contributed by atoms with van der Waals surface area (Å²) in [6, 6.07) is 0. The van der Waals surface area contributed by atoms with Gasteiger partial charge in [0.15, 0.2) is 0 Å². The number of carbonyl (C=O) groups is 1. The summed E-state index contributed by atoms with van der Waals surface area (Å²) in [6.07, 6.45) is 7.62. The molecule has 2 atom stereocenters. The number of hydrogen-bond acceptors (Lipinski definition) is 1. The molecule has 1 saturated carbocycles. The quantitative estimate of drug-likeness (QED) is 0.639. The largest absolute Gasteiger partial charge is 0.299 e. The number of halogens is 1. The second-order valence-electron chi connectivity index (χ2n) is 4.40. The SMILES string of the molecule is CCC1CCCC(C(=O)CCCCl)C1. The average molecular weight is 217 g/mol. The van der Waals surface area contributed by atoms with Gasteiger partial charge in [0, 0.05) is 18.2 Å². The first-order valence-corrected chi connectivity index (χ1v) is 6.40. The molecule has 1 nitrogen and oxygen atoms in total. The van der Waals surface area contributed by atoms with Crippen LogP contribution in [0.1, 0.15) is 51.9 Å². The number of Topliss-reactive ketones (excluding diaryl/α,β-unsaturated/α-hetero) is 1. The Hall–Kier alpha value is -0.0400. The predicted octanol–water partition coefficient (Wildman–Crippen LogP) is 3.79. The van der Waals surface area contributed by atoms with E-state index in [0.29, 0.717) is 24.0 Å². The van der Waals surface area contributed by atoms with Crippen LogP contribution in [0.5, 0.6) is 0 Å². The van der Waals surface area contributed by atoms with Crippen molar-refractivity contribution in [1.82, 2.24) is 0 Å². The van der Waals surface area contributed by atoms with Crippen LogP contribution < -0.4 is 0 Å². The van der Waals surface area contributed by atoms with E-state index in [9.17, 15) is 4.79 Å². The van der Waals surface area contributed by atoms with E-state index < -0.39 is 0 Å². The zero-order chi connectivity index (χ0) is 10.4. The smallest absolute Gasteiger partial charge is 0.136 e. The molecular weight excluding hydrogens is 196 g/mol. The molecule has 1 fully saturated rings. The summed E-state index contributed by atoms with van der Waals surface area (Å²) >= 11 is 5.59. The van der Waals surface area contributed by atoms with E-state index in [1.54, 1.807) is 0 Å². The van der Waals surface area contributed by atoms with E-state index in [0.717, 1.165) is 25.2 Å². The molecule has 0 aromatic heterocycles. The van der Waals surface area contributed by atoms with Gasteiger partial charge in [-0.25, -0.2) is 0 Å². The average Bonchev–Trinajstić information content (AvgIpc) is 2.26. The highest BCUT2D eigenvalue weighted by Gasteiger charge is 2.25. The van der Waals surface area contributed by atoms with Gasteiger partial charge in [-0.05, 0) is 25.2 Å². The van der Waals surface area contributed by atoms with Crippen LogP contribution in [0.4, 0.5) is 0 Å². The summed E-state index contributed by atoms with van der Waals surface area (Å²) in [5.41, 5.74) is 0. The summed E-state index contributed by atoms with van der Waals surface area (Å²) in [4.78, 5) is 11.8. The molecule has 0 aromatic carbocycles. The van der Waals surface area contributed by atoms with E-state index in [-0.39, 0.29) is 0 Å². The van der Waals surface area contributed by atoms with Gasteiger partial charge in [-0.15, -0.1) is 11.6 Å². The lowest BCUT2D eigenvalue weighted by molar-refractivity contribution is -0.124. The Bertz CT molecular complexity index is 179. The van der Waals surface area contributed by atoms with Crippen LogP contribution in [0, 0.1) is 11.8 Å². The van der Waals surface area contributed by atoms with Crippen LogP contribution in [-0.2, 0) is 4.79 Å². The molecule has 0 radical (unpaired) electrons. The predicted molar refractivity (Wildman–Crippen MR) is 60.7 cm³/mol. The molecule has 2 heteroatoms. The van der Waals surface area contributed by atoms with Crippen molar-refractivity contribution in [3.63, 3.8) is 0 Å². The molecule has 82 valence electrons. The van der Waals surface area contributed by atoms with Crippen molar-refractivity contribution in [2.75, 3.05) is 5.88 Å². The fourth-order valence-electron chi connectivity index (χ4n) is 2.40. The summed E-state index contributed by atoms with van der Waals surface area (Å²) in [7, 11) is 0. The van der Waals surface area contributed by atoms with Crippen LogP contribution in [0.15, 0.2) is 0 Å². The highest BCUT2D eigenvalue weighted by atomic mass is 35.5. The second-order valence-corrected chi connectivity index (χ2v) is 4.77. The Kier molecular flexibility index (Phi) is 5.54. The van der Waals surface area contributed by atoms with Gasteiger partial charge in [0.2, 0.25) is 0 Å². The summed E-state index contributed by atoms with van der Waals surface area (Å²) < 4.78 is 0. The molecule has 14 heavy (non-hydrogen) atoms. The van der Waals surface area contributed by atoms with Crippen LogP contribution in [-0.4, -0.2) is 11.7 Å². The van der Waals surface area contributed by atoms with Gasteiger partial charge >= 0.3 is 0 Å². The minimum absolute atomic E-state index is 0.358. The third-order valence-electron chi connectivity index (χ3n) is 3.37. The van der Waals surface area contributed by atoms with Gasteiger partial charge in [0.05, 0.1) is 0 Å². The summed E-state index contributed by atoms with van der Waals surface area (Å²) in [5.74, 6) is 2.24. The van der Waals surface area contributed by atoms with E-state index in [1.165, 1.54) is 19.3 Å². The number of rotatable bonds is 5. The van der Waals surface area contributed by atoms with E-state index in [4.69, 9.17) is 11.6 Å². The highest BCUT2D eigenvalue weighted by molar-refractivity contribution is 6.17. The van der Waals surface area contributed by atoms with Gasteiger partial charge < -0.3 is 0 Å². The van der Waals surface area contributed by atoms with Crippen molar-refractivity contribution in [1.29, 1.82) is 0 Å². The van der Waals surface area contributed by atoms with E-state index in [2.05, 4.69) is 6.92 Å². The number of carbonyl (C=O) groups excluding carboxylic acids is 1. The van der Waals surface area contributed by atoms with Gasteiger partial charge in [0.1, 0.15) is 5.78 Å². The van der Waals surface area contributed by atoms with Crippen molar-refractivity contribution in [3.8, 4) is 0 Å². The molecule has 2 unspecified atom stereocenters. The fourth-order valence-corrected chi connectivity index (χ4v) is 2.53. The normalized spacial score (nSPS) is 27.6. The lowest BCUT2D eigenvalue weighted by atomic mass is 9.77. The van der Waals surface area contributed by atoms with Crippen LogP contribution in [0.2, 0.25) is 0 Å². The molecule has 0 spiro atoms. The number of ketones is 1. The molecule has 1 aliphatic rings. The van der Waals surface area contributed by atoms with E-state index in [1.807, 2.05) is 0 Å². The maximum atomic E-state index is 11.8. The number of alkyl halides is 1. The minimum atomic E-state index is 0.358. The van der Waals surface area contributed by atoms with E-state index >= 15 is 0 Å². The fraction of sp³-hybridized carbons (Fsp3) is 0.917. The lowest BCUT2D eigenvalue weighted by Gasteiger charge is -2.27. The lowest BCUT2D eigenvalue weighted by Crippen LogP contribution is -2.22. The molecule has 0 aromatic rings. The van der Waals surface area contributed by atoms with Crippen LogP contribution in [0.25, 0.3) is 0 Å². The van der Waals surface area contributed by atoms with Crippen LogP contribution in [0.3, 0.4) is 0 Å². The monoisotopic (exact) mass is 216 g/mol. The first kappa shape index (κ1) is 12.0. The summed E-state index contributed by atoms with van der Waals surface area (Å²) in [6.45, 7) is 2.23. The molecule has 0 bridgehead atoms. The molecule has 0 aliphatic heterocycles. The second kappa shape index (κ2) is 6.44. The molecule has 1 aliphatic carbocycles. The molecule has 0 heterocycles. The Morgan fingerprint density at radius 2 is 2.21 bits per heavy atom. The van der Waals surface area contributed by atoms with Crippen molar-refractivity contribution in [2.24, 2.45) is 11.8 Å². The maximum Gasteiger partial charge on any atom is 0.136 e. The minimum Gasteiger partial charge on any atom is -0.299 e. The molecule has 1 rings (SSSR count). The third kappa shape index (κ3) is 3.61. The van der Waals surface area contributed by atoms with Gasteiger partial charge in [-0.3, -0.25) is 4.79 Å². The van der Waals surface area contributed by atoms with Gasteiger partial charge in [0.25, 0.3) is 0 Å². The third-order valence-corrected chi connectivity index (χ3v) is 3.64. The topological polar surface area (TPSA) is 17.1 Å². The first-order chi connectivity index (χ1) is 6.77. The molecule has 0 saturated heterocycles. The van der Waals surface area contributed by atoms with Gasteiger partial charge in [-0.1, -0.05) is 26.2 Å². The van der Waals surface area contributed by atoms with Gasteiger partial charge in [-0.2, -0.15) is 0 Å². The van der Waals surface area contributed by atoms with Crippen molar-refractivity contribution >= 4 is 17.4 Å². The highest BCUT2D eigenvalue weighted by Crippen LogP contribution is 2.32. The molecule has 0 amide bonds. The molecular formula is C12H21ClO. The zero-order valence-corrected chi connectivity index (χ0v) is 9.85. The van der Waals surface area contributed by atoms with Crippen LogP contribution >= 0.6 is 11.6 Å². The standard InChI is InChI=1S/C12H21ClO/c1-2-10-5-3-6-11(9-10)12(14)7-4-8-13/h10-11H,2-9H2,1H3. The van der Waals surface area contributed by atoms with Crippen molar-refractivity contribution < 1.29 is 4.79 Å². The zero-order valence-electron chi connectivity index (χ0n) is 9.10. The van der Waals surface area contributed by atoms with Crippen molar-refractivity contribution in [2.45, 2.75) is 51.9 Å². The Morgan fingerprint density at radius 3 is 2.86 bits per heavy atom.